The van der Waals surface area contributed by atoms with E-state index < -0.39 is 0 Å². The van der Waals surface area contributed by atoms with Gasteiger partial charge in [0, 0.05) is 31.9 Å². The molecule has 7 heavy (non-hydrogen) atoms. The fourth-order valence-corrected chi connectivity index (χ4v) is 0.313. The van der Waals surface area contributed by atoms with E-state index in [1.807, 2.05) is 18.2 Å². The molecule has 1 aromatic heterocycles. The Kier molecular flexibility index (Phi) is 3.82. The van der Waals surface area contributed by atoms with Gasteiger partial charge in [-0.25, -0.2) is 0 Å². The molecule has 0 spiro atoms. The molecule has 0 aliphatic heterocycles. The van der Waals surface area contributed by atoms with Crippen molar-refractivity contribution in [3.63, 3.8) is 0 Å². The van der Waals surface area contributed by atoms with Crippen molar-refractivity contribution in [2.24, 2.45) is 0 Å². The molecule has 0 saturated heterocycles. The molecule has 1 rings (SSSR count). The zero-order valence-corrected chi connectivity index (χ0v) is 7.01. The van der Waals surface area contributed by atoms with Crippen molar-refractivity contribution in [2.45, 2.75) is 0 Å². The molecule has 0 atom stereocenters. The van der Waals surface area contributed by atoms with Crippen LogP contribution in [0.15, 0.2) is 30.6 Å². The average molecular weight is 144 g/mol. The van der Waals surface area contributed by atoms with Gasteiger partial charge in [-0.3, -0.25) is 4.98 Å². The molecular formula is C5H5NZn. The molecule has 1 aromatic rings. The molecule has 0 fully saturated rings. The molecule has 0 aliphatic rings. The van der Waals surface area contributed by atoms with E-state index in [-0.39, 0.29) is 19.5 Å². The third-order valence-corrected chi connectivity index (χ3v) is 0.566. The van der Waals surface area contributed by atoms with Crippen LogP contribution in [-0.4, -0.2) is 4.98 Å². The summed E-state index contributed by atoms with van der Waals surface area (Å²) in [5.74, 6) is 0. The van der Waals surface area contributed by atoms with Gasteiger partial charge in [0.05, 0.1) is 0 Å². The maximum Gasteiger partial charge on any atom is 0.0267 e. The van der Waals surface area contributed by atoms with E-state index in [1.54, 1.807) is 12.4 Å². The van der Waals surface area contributed by atoms with Crippen LogP contribution in [0.1, 0.15) is 0 Å². The molecule has 0 bridgehead atoms. The zero-order chi connectivity index (χ0) is 4.24. The maximum absolute atomic E-state index is 3.78. The molecule has 0 unspecified atom stereocenters. The van der Waals surface area contributed by atoms with Crippen LogP contribution in [-0.2, 0) is 19.5 Å². The van der Waals surface area contributed by atoms with Crippen LogP contribution in [0.4, 0.5) is 0 Å². The molecule has 0 saturated carbocycles. The topological polar surface area (TPSA) is 12.9 Å². The van der Waals surface area contributed by atoms with Crippen molar-refractivity contribution in [1.29, 1.82) is 0 Å². The minimum absolute atomic E-state index is 0. The molecule has 32 valence electrons. The van der Waals surface area contributed by atoms with E-state index in [0.29, 0.717) is 0 Å². The predicted octanol–water partition coefficient (Wildman–Crippen LogP) is 1.08. The van der Waals surface area contributed by atoms with Gasteiger partial charge in [-0.2, -0.15) is 0 Å². The first-order chi connectivity index (χ1) is 3.00. The Balaban J connectivity index is 0.000000360. The predicted molar refractivity (Wildman–Crippen MR) is 24.2 cm³/mol. The first-order valence-corrected chi connectivity index (χ1v) is 1.85. The van der Waals surface area contributed by atoms with Crippen LogP contribution in [0.2, 0.25) is 0 Å². The number of hydrogen-bond donors (Lipinski definition) is 0. The summed E-state index contributed by atoms with van der Waals surface area (Å²) in [6.45, 7) is 0. The van der Waals surface area contributed by atoms with Crippen molar-refractivity contribution >= 4 is 0 Å². The largest absolute Gasteiger partial charge is 0.265 e. The summed E-state index contributed by atoms with van der Waals surface area (Å²) < 4.78 is 0. The Morgan fingerprint density at radius 1 is 0.857 bits per heavy atom. The quantitative estimate of drug-likeness (QED) is 0.497. The molecule has 1 nitrogen and oxygen atoms in total. The summed E-state index contributed by atoms with van der Waals surface area (Å²) in [4.78, 5) is 3.78. The minimum atomic E-state index is 0. The zero-order valence-electron chi connectivity index (χ0n) is 4.04. The summed E-state index contributed by atoms with van der Waals surface area (Å²) in [5, 5.41) is 0. The number of rotatable bonds is 0. The standard InChI is InChI=1S/C5H5N.Zn/c1-2-4-6-5-3-1;/h1-5H;. The Morgan fingerprint density at radius 3 is 1.57 bits per heavy atom. The second-order valence-electron chi connectivity index (χ2n) is 1.02. The molecule has 0 aromatic carbocycles. The average Bonchev–Trinajstić information content (AvgIpc) is 1.72. The van der Waals surface area contributed by atoms with Crippen molar-refractivity contribution < 1.29 is 19.5 Å². The molecule has 0 N–H and O–H groups in total. The van der Waals surface area contributed by atoms with Gasteiger partial charge < -0.3 is 0 Å². The third-order valence-electron chi connectivity index (χ3n) is 0.566. The van der Waals surface area contributed by atoms with Crippen LogP contribution in [0.5, 0.6) is 0 Å². The fourth-order valence-electron chi connectivity index (χ4n) is 0.313. The number of nitrogens with zero attached hydrogens (tertiary/aromatic N) is 1. The van der Waals surface area contributed by atoms with E-state index >= 15 is 0 Å². The van der Waals surface area contributed by atoms with Gasteiger partial charge in [0.2, 0.25) is 0 Å². The smallest absolute Gasteiger partial charge is 0.0267 e. The molecule has 2 heteroatoms. The van der Waals surface area contributed by atoms with E-state index in [2.05, 4.69) is 4.98 Å². The third kappa shape index (κ3) is 2.47. The van der Waals surface area contributed by atoms with Crippen LogP contribution in [0, 0.1) is 0 Å². The Hall–Kier alpha value is -0.227. The number of pyridine rings is 1. The van der Waals surface area contributed by atoms with Crippen molar-refractivity contribution in [2.75, 3.05) is 0 Å². The first-order valence-electron chi connectivity index (χ1n) is 1.85. The van der Waals surface area contributed by atoms with E-state index in [1.165, 1.54) is 0 Å². The minimum Gasteiger partial charge on any atom is -0.265 e. The summed E-state index contributed by atoms with van der Waals surface area (Å²) >= 11 is 0. The van der Waals surface area contributed by atoms with Gasteiger partial charge in [0.25, 0.3) is 0 Å². The summed E-state index contributed by atoms with van der Waals surface area (Å²) in [6, 6.07) is 5.72. The Bertz CT molecular complexity index is 80.0. The van der Waals surface area contributed by atoms with Gasteiger partial charge in [-0.05, 0) is 12.1 Å². The Labute approximate surface area is 55.5 Å². The SMILES string of the molecule is [Zn].c1ccncc1. The van der Waals surface area contributed by atoms with Gasteiger partial charge in [-0.1, -0.05) is 6.07 Å². The normalized spacial score (nSPS) is 6.86. The van der Waals surface area contributed by atoms with Gasteiger partial charge >= 0.3 is 0 Å². The molecular weight excluding hydrogens is 139 g/mol. The van der Waals surface area contributed by atoms with Crippen molar-refractivity contribution in [1.82, 2.24) is 4.98 Å². The second kappa shape index (κ2) is 3.95. The van der Waals surface area contributed by atoms with Gasteiger partial charge in [0.1, 0.15) is 0 Å². The van der Waals surface area contributed by atoms with E-state index in [0.717, 1.165) is 0 Å². The van der Waals surface area contributed by atoms with Crippen molar-refractivity contribution in [3.05, 3.63) is 30.6 Å². The van der Waals surface area contributed by atoms with E-state index in [4.69, 9.17) is 0 Å². The first kappa shape index (κ1) is 6.77. The van der Waals surface area contributed by atoms with Crippen LogP contribution >= 0.6 is 0 Å². The summed E-state index contributed by atoms with van der Waals surface area (Å²) in [7, 11) is 0. The Morgan fingerprint density at radius 2 is 1.43 bits per heavy atom. The number of hydrogen-bond acceptors (Lipinski definition) is 1. The molecule has 0 amide bonds. The van der Waals surface area contributed by atoms with Gasteiger partial charge in [0.15, 0.2) is 0 Å². The molecule has 0 radical (unpaired) electrons. The monoisotopic (exact) mass is 143 g/mol. The summed E-state index contributed by atoms with van der Waals surface area (Å²) in [6.07, 6.45) is 3.50. The van der Waals surface area contributed by atoms with Crippen LogP contribution in [0.25, 0.3) is 0 Å². The summed E-state index contributed by atoms with van der Waals surface area (Å²) in [5.41, 5.74) is 0. The van der Waals surface area contributed by atoms with Crippen LogP contribution in [0.3, 0.4) is 0 Å². The maximum atomic E-state index is 3.78. The second-order valence-corrected chi connectivity index (χ2v) is 1.02. The van der Waals surface area contributed by atoms with E-state index in [9.17, 15) is 0 Å². The van der Waals surface area contributed by atoms with Gasteiger partial charge in [-0.15, -0.1) is 0 Å². The molecule has 1 heterocycles. The van der Waals surface area contributed by atoms with Crippen LogP contribution < -0.4 is 0 Å². The number of aromatic nitrogens is 1. The molecule has 0 aliphatic carbocycles. The fraction of sp³-hybridized carbons (Fsp3) is 0. The van der Waals surface area contributed by atoms with Crippen molar-refractivity contribution in [3.8, 4) is 0 Å².